The summed E-state index contributed by atoms with van der Waals surface area (Å²) in [6.45, 7) is 7.98. The lowest BCUT2D eigenvalue weighted by Gasteiger charge is -2.16. The number of benzene rings is 2. The first-order valence-corrected chi connectivity index (χ1v) is 9.43. The van der Waals surface area contributed by atoms with Crippen molar-refractivity contribution in [2.75, 3.05) is 13.1 Å². The van der Waals surface area contributed by atoms with Crippen LogP contribution < -0.4 is 5.32 Å². The van der Waals surface area contributed by atoms with E-state index in [-0.39, 0.29) is 0 Å². The van der Waals surface area contributed by atoms with Gasteiger partial charge in [0.1, 0.15) is 0 Å². The van der Waals surface area contributed by atoms with Crippen molar-refractivity contribution >= 4 is 5.57 Å². The highest BCUT2D eigenvalue weighted by Crippen LogP contribution is 2.36. The summed E-state index contributed by atoms with van der Waals surface area (Å²) in [4.78, 5) is 0. The summed E-state index contributed by atoms with van der Waals surface area (Å²) >= 11 is 0. The fourth-order valence-electron chi connectivity index (χ4n) is 3.70. The van der Waals surface area contributed by atoms with E-state index in [1.807, 2.05) is 6.08 Å². The first kappa shape index (κ1) is 17.7. The summed E-state index contributed by atoms with van der Waals surface area (Å²) in [6.07, 6.45) is 8.87. The van der Waals surface area contributed by atoms with Gasteiger partial charge in [0.25, 0.3) is 0 Å². The van der Waals surface area contributed by atoms with Crippen LogP contribution in [0.2, 0.25) is 0 Å². The monoisotopic (exact) mass is 331 g/mol. The van der Waals surface area contributed by atoms with Gasteiger partial charge in [-0.15, -0.1) is 6.58 Å². The summed E-state index contributed by atoms with van der Waals surface area (Å²) in [5.41, 5.74) is 7.27. The van der Waals surface area contributed by atoms with Crippen LogP contribution in [-0.2, 0) is 12.8 Å². The van der Waals surface area contributed by atoms with Crippen LogP contribution >= 0.6 is 0 Å². The molecule has 0 unspecified atom stereocenters. The Morgan fingerprint density at radius 2 is 1.64 bits per heavy atom. The maximum absolute atomic E-state index is 3.77. The van der Waals surface area contributed by atoms with Crippen molar-refractivity contribution in [3.8, 4) is 0 Å². The zero-order valence-corrected chi connectivity index (χ0v) is 15.3. The zero-order chi connectivity index (χ0) is 17.5. The molecule has 25 heavy (non-hydrogen) atoms. The lowest BCUT2D eigenvalue weighted by atomic mass is 9.89. The minimum Gasteiger partial charge on any atom is -0.316 e. The van der Waals surface area contributed by atoms with Gasteiger partial charge in [-0.3, -0.25) is 0 Å². The van der Waals surface area contributed by atoms with Crippen molar-refractivity contribution in [1.82, 2.24) is 5.32 Å². The van der Waals surface area contributed by atoms with Gasteiger partial charge in [0.15, 0.2) is 0 Å². The SMILES string of the molecule is C=CCCNCC/C=C(/c1ccc(C)cc1)C1Cc2ccccc2C1. The molecule has 2 aromatic rings. The van der Waals surface area contributed by atoms with E-state index in [1.54, 1.807) is 0 Å². The van der Waals surface area contributed by atoms with Gasteiger partial charge in [0.2, 0.25) is 0 Å². The Morgan fingerprint density at radius 3 is 2.28 bits per heavy atom. The molecule has 0 radical (unpaired) electrons. The topological polar surface area (TPSA) is 12.0 Å². The minimum atomic E-state index is 0.605. The molecular weight excluding hydrogens is 302 g/mol. The summed E-state index contributed by atoms with van der Waals surface area (Å²) in [6, 6.07) is 17.9. The highest BCUT2D eigenvalue weighted by molar-refractivity contribution is 5.69. The molecule has 2 aromatic carbocycles. The predicted octanol–water partition coefficient (Wildman–Crippen LogP) is 5.35. The molecule has 1 nitrogen and oxygen atoms in total. The third-order valence-corrected chi connectivity index (χ3v) is 5.09. The van der Waals surface area contributed by atoms with Crippen LogP contribution in [0.3, 0.4) is 0 Å². The zero-order valence-electron chi connectivity index (χ0n) is 15.3. The molecule has 0 aliphatic heterocycles. The van der Waals surface area contributed by atoms with Gasteiger partial charge in [-0.25, -0.2) is 0 Å². The summed E-state index contributed by atoms with van der Waals surface area (Å²) in [5.74, 6) is 0.605. The Labute approximate surface area is 152 Å². The molecule has 0 saturated heterocycles. The molecule has 0 fully saturated rings. The maximum atomic E-state index is 3.77. The Balaban J connectivity index is 1.73. The third-order valence-electron chi connectivity index (χ3n) is 5.09. The van der Waals surface area contributed by atoms with E-state index in [9.17, 15) is 0 Å². The molecule has 0 atom stereocenters. The van der Waals surface area contributed by atoms with E-state index in [0.29, 0.717) is 5.92 Å². The fourth-order valence-corrected chi connectivity index (χ4v) is 3.70. The molecule has 1 aliphatic rings. The van der Waals surface area contributed by atoms with Gasteiger partial charge < -0.3 is 5.32 Å². The minimum absolute atomic E-state index is 0.605. The second kappa shape index (κ2) is 8.82. The normalized spacial score (nSPS) is 14.5. The van der Waals surface area contributed by atoms with Crippen LogP contribution in [0.4, 0.5) is 0 Å². The van der Waals surface area contributed by atoms with Crippen LogP contribution in [0.25, 0.3) is 5.57 Å². The first-order chi connectivity index (χ1) is 12.3. The van der Waals surface area contributed by atoms with Crippen molar-refractivity contribution in [3.63, 3.8) is 0 Å². The van der Waals surface area contributed by atoms with Crippen LogP contribution in [0.5, 0.6) is 0 Å². The number of rotatable bonds is 8. The van der Waals surface area contributed by atoms with Gasteiger partial charge in [0.05, 0.1) is 0 Å². The second-order valence-corrected chi connectivity index (χ2v) is 7.02. The molecule has 130 valence electrons. The van der Waals surface area contributed by atoms with Crippen LogP contribution in [0.15, 0.2) is 67.3 Å². The first-order valence-electron chi connectivity index (χ1n) is 9.43. The molecule has 0 bridgehead atoms. The van der Waals surface area contributed by atoms with Crippen molar-refractivity contribution in [1.29, 1.82) is 0 Å². The number of aryl methyl sites for hydroxylation is 1. The van der Waals surface area contributed by atoms with Crippen molar-refractivity contribution < 1.29 is 0 Å². The number of hydrogen-bond acceptors (Lipinski definition) is 1. The average Bonchev–Trinajstić information content (AvgIpc) is 3.06. The number of nitrogens with one attached hydrogen (secondary N) is 1. The van der Waals surface area contributed by atoms with Crippen molar-refractivity contribution in [2.45, 2.75) is 32.6 Å². The van der Waals surface area contributed by atoms with E-state index in [0.717, 1.165) is 25.9 Å². The lowest BCUT2D eigenvalue weighted by Crippen LogP contribution is -2.15. The van der Waals surface area contributed by atoms with Gasteiger partial charge in [0, 0.05) is 0 Å². The Bertz CT molecular complexity index is 699. The molecule has 0 saturated carbocycles. The molecule has 0 heterocycles. The van der Waals surface area contributed by atoms with E-state index in [4.69, 9.17) is 0 Å². The maximum Gasteiger partial charge on any atom is -0.00139 e. The Morgan fingerprint density at radius 1 is 1.00 bits per heavy atom. The standard InChI is InChI=1S/C24H29N/c1-3-4-15-25-16-7-10-24(20-13-11-19(2)12-14-20)23-17-21-8-5-6-9-22(21)18-23/h3,5-6,8-14,23,25H,1,4,7,15-18H2,2H3/b24-10-. The lowest BCUT2D eigenvalue weighted by molar-refractivity contribution is 0.689. The molecule has 0 amide bonds. The average molecular weight is 332 g/mol. The van der Waals surface area contributed by atoms with Crippen LogP contribution in [-0.4, -0.2) is 13.1 Å². The quantitative estimate of drug-likeness (QED) is 0.508. The summed E-state index contributed by atoms with van der Waals surface area (Å²) in [7, 11) is 0. The summed E-state index contributed by atoms with van der Waals surface area (Å²) in [5, 5.41) is 3.49. The Kier molecular flexibility index (Phi) is 6.25. The van der Waals surface area contributed by atoms with Crippen LogP contribution in [0.1, 0.15) is 35.1 Å². The molecule has 0 aromatic heterocycles. The van der Waals surface area contributed by atoms with E-state index < -0.39 is 0 Å². The number of hydrogen-bond donors (Lipinski definition) is 1. The van der Waals surface area contributed by atoms with E-state index in [1.165, 1.54) is 40.7 Å². The molecule has 1 N–H and O–H groups in total. The smallest absolute Gasteiger partial charge is 0.00139 e. The molecule has 0 spiro atoms. The molecule has 3 rings (SSSR count). The number of allylic oxidation sites excluding steroid dienone is 1. The molecular formula is C24H29N. The highest BCUT2D eigenvalue weighted by Gasteiger charge is 2.24. The number of fused-ring (bicyclic) bond motifs is 1. The Hall–Kier alpha value is -2.12. The summed E-state index contributed by atoms with van der Waals surface area (Å²) < 4.78 is 0. The van der Waals surface area contributed by atoms with Gasteiger partial charge in [-0.05, 0) is 73.9 Å². The highest BCUT2D eigenvalue weighted by atomic mass is 14.8. The molecule has 1 heteroatoms. The predicted molar refractivity (Wildman–Crippen MR) is 109 cm³/mol. The van der Waals surface area contributed by atoms with Crippen molar-refractivity contribution in [3.05, 3.63) is 89.5 Å². The fraction of sp³-hybridized carbons (Fsp3) is 0.333. The van der Waals surface area contributed by atoms with Gasteiger partial charge in [-0.1, -0.05) is 66.2 Å². The second-order valence-electron chi connectivity index (χ2n) is 7.02. The van der Waals surface area contributed by atoms with E-state index >= 15 is 0 Å². The largest absolute Gasteiger partial charge is 0.316 e. The van der Waals surface area contributed by atoms with Crippen molar-refractivity contribution in [2.24, 2.45) is 5.92 Å². The van der Waals surface area contributed by atoms with E-state index in [2.05, 4.69) is 73.4 Å². The van der Waals surface area contributed by atoms with Crippen LogP contribution in [0, 0.1) is 12.8 Å². The van der Waals surface area contributed by atoms with Gasteiger partial charge in [-0.2, -0.15) is 0 Å². The molecule has 1 aliphatic carbocycles. The third kappa shape index (κ3) is 4.70. The van der Waals surface area contributed by atoms with Gasteiger partial charge >= 0.3 is 0 Å².